The van der Waals surface area contributed by atoms with E-state index in [1.165, 1.54) is 25.1 Å². The van der Waals surface area contributed by atoms with Crippen molar-refractivity contribution in [3.05, 3.63) is 69.8 Å². The lowest BCUT2D eigenvalue weighted by Gasteiger charge is -2.37. The van der Waals surface area contributed by atoms with Crippen LogP contribution in [0.2, 0.25) is 0 Å². The number of nitrogens with zero attached hydrogens (tertiary/aromatic N) is 3. The minimum Gasteiger partial charge on any atom is -0.449 e. The molecule has 1 heterocycles. The number of amides is 1. The largest absolute Gasteiger partial charge is 0.449 e. The van der Waals surface area contributed by atoms with Gasteiger partial charge in [0.25, 0.3) is 11.6 Å². The number of benzene rings is 2. The fourth-order valence-electron chi connectivity index (χ4n) is 3.29. The Balaban J connectivity index is 1.58. The summed E-state index contributed by atoms with van der Waals surface area (Å²) in [6, 6.07) is 14.1. The number of carbonyl (C=O) groups is 2. The molecule has 0 bridgehead atoms. The van der Waals surface area contributed by atoms with Crippen LogP contribution in [0.1, 0.15) is 22.8 Å². The van der Waals surface area contributed by atoms with E-state index in [0.29, 0.717) is 31.7 Å². The Morgan fingerprint density at radius 1 is 1.07 bits per heavy atom. The van der Waals surface area contributed by atoms with E-state index in [2.05, 4.69) is 4.90 Å². The molecule has 152 valence electrons. The van der Waals surface area contributed by atoms with Crippen molar-refractivity contribution in [1.82, 2.24) is 4.90 Å². The Hall–Kier alpha value is -3.42. The molecule has 0 saturated carbocycles. The van der Waals surface area contributed by atoms with Gasteiger partial charge in [-0.05, 0) is 32.0 Å². The van der Waals surface area contributed by atoms with Crippen LogP contribution in [0.25, 0.3) is 0 Å². The number of hydrogen-bond donors (Lipinski definition) is 0. The van der Waals surface area contributed by atoms with Crippen LogP contribution >= 0.6 is 0 Å². The average Bonchev–Trinajstić information content (AvgIpc) is 2.74. The summed E-state index contributed by atoms with van der Waals surface area (Å²) >= 11 is 0. The van der Waals surface area contributed by atoms with Crippen LogP contribution in [0.3, 0.4) is 0 Å². The van der Waals surface area contributed by atoms with Crippen LogP contribution in [-0.2, 0) is 9.53 Å². The number of anilines is 1. The topological polar surface area (TPSA) is 93.0 Å². The Bertz CT molecular complexity index is 908. The minimum atomic E-state index is -0.967. The summed E-state index contributed by atoms with van der Waals surface area (Å²) in [5.41, 5.74) is 1.46. The average molecular weight is 397 g/mol. The summed E-state index contributed by atoms with van der Waals surface area (Å²) < 4.78 is 5.27. The van der Waals surface area contributed by atoms with Gasteiger partial charge in [0.2, 0.25) is 0 Å². The van der Waals surface area contributed by atoms with Crippen LogP contribution in [0, 0.1) is 17.0 Å². The predicted octanol–water partition coefficient (Wildman–Crippen LogP) is 2.80. The summed E-state index contributed by atoms with van der Waals surface area (Å²) in [4.78, 5) is 39.4. The molecule has 0 spiro atoms. The normalized spacial score (nSPS) is 15.0. The fraction of sp³-hybridized carbons (Fsp3) is 0.333. The SMILES string of the molecule is Cc1ccc(C(=O)O[C@@H](C)C(=O)N2CCN(c3ccccc3)CC2)cc1[N+](=O)[O-]. The standard InChI is InChI=1S/C21H23N3O5/c1-15-8-9-17(14-19(15)24(27)28)21(26)29-16(2)20(25)23-12-10-22(11-13-23)18-6-4-3-5-7-18/h3-9,14,16H,10-13H2,1-2H3/t16-/m0/s1. The summed E-state index contributed by atoms with van der Waals surface area (Å²) in [7, 11) is 0. The van der Waals surface area contributed by atoms with Crippen molar-refractivity contribution in [3.8, 4) is 0 Å². The number of ether oxygens (including phenoxy) is 1. The molecule has 2 aromatic rings. The van der Waals surface area contributed by atoms with Gasteiger partial charge in [-0.2, -0.15) is 0 Å². The Labute approximate surface area is 168 Å². The zero-order valence-corrected chi connectivity index (χ0v) is 16.4. The second kappa shape index (κ2) is 8.72. The van der Waals surface area contributed by atoms with Gasteiger partial charge in [-0.15, -0.1) is 0 Å². The van der Waals surface area contributed by atoms with E-state index in [0.717, 1.165) is 5.69 Å². The third kappa shape index (κ3) is 4.71. The number of rotatable bonds is 5. The molecular formula is C21H23N3O5. The first kappa shape index (κ1) is 20.3. The maximum Gasteiger partial charge on any atom is 0.339 e. The number of nitro benzene ring substituents is 1. The van der Waals surface area contributed by atoms with Crippen molar-refractivity contribution in [3.63, 3.8) is 0 Å². The van der Waals surface area contributed by atoms with Crippen molar-refractivity contribution >= 4 is 23.3 Å². The van der Waals surface area contributed by atoms with Crippen molar-refractivity contribution in [2.24, 2.45) is 0 Å². The lowest BCUT2D eigenvalue weighted by Crippen LogP contribution is -2.51. The minimum absolute atomic E-state index is 0.0517. The van der Waals surface area contributed by atoms with Gasteiger partial charge >= 0.3 is 5.97 Å². The maximum atomic E-state index is 12.7. The Morgan fingerprint density at radius 3 is 2.34 bits per heavy atom. The second-order valence-corrected chi connectivity index (χ2v) is 6.95. The third-order valence-corrected chi connectivity index (χ3v) is 4.99. The molecule has 2 aromatic carbocycles. The molecule has 8 heteroatoms. The van der Waals surface area contributed by atoms with E-state index in [-0.39, 0.29) is 17.2 Å². The predicted molar refractivity (Wildman–Crippen MR) is 108 cm³/mol. The molecule has 1 amide bonds. The first-order valence-corrected chi connectivity index (χ1v) is 9.41. The van der Waals surface area contributed by atoms with Crippen LogP contribution in [0.5, 0.6) is 0 Å². The molecule has 0 unspecified atom stereocenters. The van der Waals surface area contributed by atoms with Crippen molar-refractivity contribution < 1.29 is 19.2 Å². The van der Waals surface area contributed by atoms with E-state index < -0.39 is 17.0 Å². The molecule has 1 saturated heterocycles. The number of aryl methyl sites for hydroxylation is 1. The van der Waals surface area contributed by atoms with E-state index >= 15 is 0 Å². The number of piperazine rings is 1. The summed E-state index contributed by atoms with van der Waals surface area (Å²) in [5.74, 6) is -1.02. The van der Waals surface area contributed by atoms with Gasteiger partial charge in [-0.1, -0.05) is 24.3 Å². The highest BCUT2D eigenvalue weighted by Gasteiger charge is 2.28. The first-order chi connectivity index (χ1) is 13.9. The number of nitro groups is 1. The third-order valence-electron chi connectivity index (χ3n) is 4.99. The summed E-state index contributed by atoms with van der Waals surface area (Å²) in [6.07, 6.45) is -0.967. The fourth-order valence-corrected chi connectivity index (χ4v) is 3.29. The number of carbonyl (C=O) groups excluding carboxylic acids is 2. The van der Waals surface area contributed by atoms with Crippen LogP contribution < -0.4 is 4.90 Å². The van der Waals surface area contributed by atoms with Gasteiger partial charge in [0, 0.05) is 43.5 Å². The van der Waals surface area contributed by atoms with Crippen LogP contribution in [-0.4, -0.2) is 54.0 Å². The zero-order valence-electron chi connectivity index (χ0n) is 16.4. The first-order valence-electron chi connectivity index (χ1n) is 9.41. The number of esters is 1. The van der Waals surface area contributed by atoms with Crippen molar-refractivity contribution in [2.45, 2.75) is 20.0 Å². The molecule has 1 fully saturated rings. The van der Waals surface area contributed by atoms with Gasteiger partial charge in [-0.3, -0.25) is 14.9 Å². The highest BCUT2D eigenvalue weighted by atomic mass is 16.6. The quantitative estimate of drug-likeness (QED) is 0.438. The summed E-state index contributed by atoms with van der Waals surface area (Å²) in [5, 5.41) is 11.1. The number of para-hydroxylation sites is 1. The molecule has 0 N–H and O–H groups in total. The molecule has 1 atom stereocenters. The monoisotopic (exact) mass is 397 g/mol. The van der Waals surface area contributed by atoms with Gasteiger partial charge in [0.15, 0.2) is 6.10 Å². The van der Waals surface area contributed by atoms with Crippen LogP contribution in [0.4, 0.5) is 11.4 Å². The van der Waals surface area contributed by atoms with Gasteiger partial charge in [0.1, 0.15) is 0 Å². The molecule has 0 radical (unpaired) electrons. The van der Waals surface area contributed by atoms with Gasteiger partial charge < -0.3 is 14.5 Å². The van der Waals surface area contributed by atoms with Crippen molar-refractivity contribution in [1.29, 1.82) is 0 Å². The van der Waals surface area contributed by atoms with E-state index in [4.69, 9.17) is 4.74 Å². The highest BCUT2D eigenvalue weighted by molar-refractivity contribution is 5.93. The maximum absolute atomic E-state index is 12.7. The van der Waals surface area contributed by atoms with E-state index in [1.807, 2.05) is 30.3 Å². The zero-order chi connectivity index (χ0) is 21.0. The van der Waals surface area contributed by atoms with Gasteiger partial charge in [0.05, 0.1) is 10.5 Å². The smallest absolute Gasteiger partial charge is 0.339 e. The molecular weight excluding hydrogens is 374 g/mol. The molecule has 0 aromatic heterocycles. The van der Waals surface area contributed by atoms with E-state index in [1.54, 1.807) is 11.8 Å². The molecule has 29 heavy (non-hydrogen) atoms. The molecule has 8 nitrogen and oxygen atoms in total. The van der Waals surface area contributed by atoms with Crippen molar-refractivity contribution in [2.75, 3.05) is 31.1 Å². The summed E-state index contributed by atoms with van der Waals surface area (Å²) in [6.45, 7) is 5.57. The molecule has 3 rings (SSSR count). The Kier molecular flexibility index (Phi) is 6.11. The Morgan fingerprint density at radius 2 is 1.72 bits per heavy atom. The van der Waals surface area contributed by atoms with E-state index in [9.17, 15) is 19.7 Å². The lowest BCUT2D eigenvalue weighted by molar-refractivity contribution is -0.385. The molecule has 1 aliphatic heterocycles. The lowest BCUT2D eigenvalue weighted by atomic mass is 10.1. The second-order valence-electron chi connectivity index (χ2n) is 6.95. The van der Waals surface area contributed by atoms with Gasteiger partial charge in [-0.25, -0.2) is 4.79 Å². The molecule has 1 aliphatic rings. The molecule has 0 aliphatic carbocycles. The van der Waals surface area contributed by atoms with Crippen LogP contribution in [0.15, 0.2) is 48.5 Å². The highest BCUT2D eigenvalue weighted by Crippen LogP contribution is 2.21. The number of hydrogen-bond acceptors (Lipinski definition) is 6.